The molecule has 1 aliphatic heterocycles. The van der Waals surface area contributed by atoms with Crippen molar-refractivity contribution in [3.8, 4) is 0 Å². The van der Waals surface area contributed by atoms with Gasteiger partial charge in [-0.3, -0.25) is 4.89 Å². The van der Waals surface area contributed by atoms with Gasteiger partial charge in [0.1, 0.15) is 0 Å². The maximum atomic E-state index is 10.2. The zero-order valence-corrected chi connectivity index (χ0v) is 13.6. The molecule has 1 fully saturated rings. The van der Waals surface area contributed by atoms with E-state index >= 15 is 0 Å². The van der Waals surface area contributed by atoms with Gasteiger partial charge in [-0.1, -0.05) is 9.35 Å². The predicted octanol–water partition coefficient (Wildman–Crippen LogP) is -8.88. The molecule has 0 radical (unpaired) electrons. The van der Waals surface area contributed by atoms with Gasteiger partial charge in [0, 0.05) is 0 Å². The SMILES string of the molecule is O=P1(O)OOOOOO1.[H-].[H-].[H-].[Na+].[Na+].[Na+]. The Labute approximate surface area is 138 Å². The van der Waals surface area contributed by atoms with Gasteiger partial charge >= 0.3 is 96.5 Å². The van der Waals surface area contributed by atoms with Crippen LogP contribution in [0.5, 0.6) is 0 Å². The van der Waals surface area contributed by atoms with E-state index in [1.165, 1.54) is 0 Å². The normalized spacial score (nSPS) is 20.4. The van der Waals surface area contributed by atoms with Crippen LogP contribution in [0.3, 0.4) is 0 Å². The monoisotopic (exact) mass is 232 g/mol. The number of hydrogen-bond donors (Lipinski definition) is 1. The van der Waals surface area contributed by atoms with Crippen molar-refractivity contribution in [2.75, 3.05) is 0 Å². The maximum absolute atomic E-state index is 10.2. The molecule has 0 unspecified atom stereocenters. The smallest absolute Gasteiger partial charge is 1.00 e. The molecule has 1 aliphatic rings. The van der Waals surface area contributed by atoms with E-state index in [0.717, 1.165) is 0 Å². The van der Waals surface area contributed by atoms with Gasteiger partial charge in [-0.2, -0.15) is 0 Å². The Kier molecular flexibility index (Phi) is 17.8. The minimum atomic E-state index is -4.32. The number of phosphoric acid groups is 1. The van der Waals surface area contributed by atoms with Gasteiger partial charge in [-0.15, -0.1) is 0 Å². The first-order valence-corrected chi connectivity index (χ1v) is 3.08. The van der Waals surface area contributed by atoms with Gasteiger partial charge in [-0.25, -0.2) is 4.57 Å². The van der Waals surface area contributed by atoms with Crippen molar-refractivity contribution in [3.05, 3.63) is 0 Å². The Bertz CT molecular complexity index is 135. The Morgan fingerprint density at radius 3 is 1.58 bits per heavy atom. The van der Waals surface area contributed by atoms with Crippen LogP contribution in [0.15, 0.2) is 0 Å². The third-order valence-corrected chi connectivity index (χ3v) is 0.831. The molecule has 12 heteroatoms. The predicted molar refractivity (Wildman–Crippen MR) is 19.7 cm³/mol. The van der Waals surface area contributed by atoms with E-state index in [0.29, 0.717) is 0 Å². The minimum Gasteiger partial charge on any atom is -1.00 e. The summed E-state index contributed by atoms with van der Waals surface area (Å²) in [5.41, 5.74) is 0. The average Bonchev–Trinajstić information content (AvgIpc) is 1.92. The average molecular weight is 232 g/mol. The zero-order valence-electron chi connectivity index (χ0n) is 9.75. The van der Waals surface area contributed by atoms with E-state index in [1.54, 1.807) is 0 Å². The molecule has 0 spiro atoms. The summed E-state index contributed by atoms with van der Waals surface area (Å²) in [5.74, 6) is 0. The molecule has 1 heterocycles. The van der Waals surface area contributed by atoms with Gasteiger partial charge in [0.05, 0.1) is 0 Å². The van der Waals surface area contributed by atoms with Crippen molar-refractivity contribution in [2.45, 2.75) is 0 Å². The fourth-order valence-corrected chi connectivity index (χ4v) is 0.365. The molecule has 1 saturated heterocycles. The second kappa shape index (κ2) is 10.5. The molecule has 1 N–H and O–H groups in total. The van der Waals surface area contributed by atoms with Crippen LogP contribution in [0, 0.1) is 0 Å². The second-order valence-electron chi connectivity index (χ2n) is 0.890. The van der Waals surface area contributed by atoms with Crippen molar-refractivity contribution in [2.24, 2.45) is 0 Å². The molecule has 12 heavy (non-hydrogen) atoms. The van der Waals surface area contributed by atoms with Crippen molar-refractivity contribution < 1.29 is 132 Å². The number of hydrogen-bond acceptors (Lipinski definition) is 7. The van der Waals surface area contributed by atoms with Crippen molar-refractivity contribution in [3.63, 3.8) is 0 Å². The molecule has 0 atom stereocenters. The molecule has 0 saturated carbocycles. The Morgan fingerprint density at radius 2 is 1.25 bits per heavy atom. The van der Waals surface area contributed by atoms with Gasteiger partial charge in [0.2, 0.25) is 0 Å². The van der Waals surface area contributed by atoms with Crippen LogP contribution in [0.25, 0.3) is 0 Å². The molecule has 0 amide bonds. The fourth-order valence-electron chi connectivity index (χ4n) is 0.137. The van der Waals surface area contributed by atoms with Crippen molar-refractivity contribution in [1.82, 2.24) is 0 Å². The molecule has 0 aliphatic carbocycles. The van der Waals surface area contributed by atoms with E-state index in [1.807, 2.05) is 0 Å². The largest absolute Gasteiger partial charge is 1.00 e. The third-order valence-electron chi connectivity index (χ3n) is 0.333. The van der Waals surface area contributed by atoms with E-state index in [9.17, 15) is 4.57 Å². The van der Waals surface area contributed by atoms with Crippen molar-refractivity contribution in [1.29, 1.82) is 0 Å². The molecule has 0 aromatic carbocycles. The molecular formula is H4Na3O8P. The molecular weight excluding hydrogens is 228 g/mol. The van der Waals surface area contributed by atoms with E-state index in [4.69, 9.17) is 4.89 Å². The van der Waals surface area contributed by atoms with Crippen LogP contribution in [0.2, 0.25) is 0 Å². The first-order valence-electron chi connectivity index (χ1n) is 1.58. The van der Waals surface area contributed by atoms with E-state index in [-0.39, 0.29) is 93.0 Å². The van der Waals surface area contributed by atoms with E-state index in [2.05, 4.69) is 29.5 Å². The third kappa shape index (κ3) is 9.50. The summed E-state index contributed by atoms with van der Waals surface area (Å²) in [5, 5.41) is 13.7. The summed E-state index contributed by atoms with van der Waals surface area (Å²) in [6, 6.07) is 0. The van der Waals surface area contributed by atoms with Crippen LogP contribution in [0.1, 0.15) is 4.28 Å². The van der Waals surface area contributed by atoms with Crippen LogP contribution in [0.4, 0.5) is 0 Å². The molecule has 0 aromatic rings. The topological polar surface area (TPSA) is 92.7 Å². The van der Waals surface area contributed by atoms with Gasteiger partial charge in [0.25, 0.3) is 0 Å². The van der Waals surface area contributed by atoms with Gasteiger partial charge < -0.3 is 4.28 Å². The first kappa shape index (κ1) is 20.4. The summed E-state index contributed by atoms with van der Waals surface area (Å²) >= 11 is 0. The Balaban J connectivity index is -0.0000000337. The fraction of sp³-hybridized carbons (Fsp3) is 0. The summed E-state index contributed by atoms with van der Waals surface area (Å²) < 4.78 is 17.2. The molecule has 60 valence electrons. The van der Waals surface area contributed by atoms with Crippen LogP contribution in [-0.4, -0.2) is 4.89 Å². The summed E-state index contributed by atoms with van der Waals surface area (Å²) in [4.78, 5) is 8.26. The molecule has 0 bridgehead atoms. The van der Waals surface area contributed by atoms with Crippen LogP contribution >= 0.6 is 7.82 Å². The van der Waals surface area contributed by atoms with Crippen molar-refractivity contribution >= 4 is 7.82 Å². The van der Waals surface area contributed by atoms with Gasteiger partial charge in [0.15, 0.2) is 0 Å². The first-order chi connectivity index (χ1) is 4.21. The summed E-state index contributed by atoms with van der Waals surface area (Å²) in [6.07, 6.45) is 0. The molecule has 1 rings (SSSR count). The zero-order chi connectivity index (χ0) is 6.74. The van der Waals surface area contributed by atoms with Crippen LogP contribution in [-0.2, 0) is 34.1 Å². The quantitative estimate of drug-likeness (QED) is 0.250. The molecule has 8 nitrogen and oxygen atoms in total. The van der Waals surface area contributed by atoms with Gasteiger partial charge in [-0.05, 0) is 20.2 Å². The second-order valence-corrected chi connectivity index (χ2v) is 2.13. The number of rotatable bonds is 0. The standard InChI is InChI=1S/3Na.HO8P.3H/c;;;1-9(2)7-5-3-4-6-8-9;;;/h;;;(H,1,2);;;/q3*+1;;3*-1. The summed E-state index contributed by atoms with van der Waals surface area (Å²) in [6.45, 7) is 0. The minimum absolute atomic E-state index is 0. The molecule has 0 aromatic heterocycles. The Hall–Kier alpha value is 2.95. The summed E-state index contributed by atoms with van der Waals surface area (Å²) in [7, 11) is -4.32. The van der Waals surface area contributed by atoms with E-state index < -0.39 is 7.82 Å². The van der Waals surface area contributed by atoms with Crippen LogP contribution < -0.4 is 88.7 Å². The maximum Gasteiger partial charge on any atom is 1.00 e. The Morgan fingerprint density at radius 1 is 0.917 bits per heavy atom.